The maximum Gasteiger partial charge on any atom is 0.255 e. The van der Waals surface area contributed by atoms with Gasteiger partial charge in [0.2, 0.25) is 5.91 Å². The topological polar surface area (TPSA) is 80.1 Å². The Bertz CT molecular complexity index is 1120. The average molecular weight is 450 g/mol. The second-order valence-corrected chi connectivity index (χ2v) is 8.89. The van der Waals surface area contributed by atoms with Gasteiger partial charge in [-0.3, -0.25) is 9.59 Å². The van der Waals surface area contributed by atoms with E-state index in [1.165, 1.54) is 18.2 Å². The van der Waals surface area contributed by atoms with Gasteiger partial charge in [0.25, 0.3) is 5.91 Å². The Morgan fingerprint density at radius 3 is 2.59 bits per heavy atom. The molecule has 1 saturated heterocycles. The molecule has 4 rings (SSSR count). The molecule has 7 nitrogen and oxygen atoms in total. The summed E-state index contributed by atoms with van der Waals surface area (Å²) in [6.45, 7) is 3.62. The quantitative estimate of drug-likeness (QED) is 0.572. The Morgan fingerprint density at radius 1 is 1.03 bits per heavy atom. The van der Waals surface area contributed by atoms with E-state index in [2.05, 4.69) is 15.5 Å². The number of aromatic nitrogens is 3. The molecular weight excluding hydrogens is 422 g/mol. The van der Waals surface area contributed by atoms with Crippen molar-refractivity contribution in [2.75, 3.05) is 24.2 Å². The van der Waals surface area contributed by atoms with Gasteiger partial charge < -0.3 is 14.8 Å². The lowest BCUT2D eigenvalue weighted by atomic mass is 10.1. The first-order valence-corrected chi connectivity index (χ1v) is 11.8. The lowest BCUT2D eigenvalue weighted by Gasteiger charge is -2.26. The fourth-order valence-electron chi connectivity index (χ4n) is 3.81. The lowest BCUT2D eigenvalue weighted by molar-refractivity contribution is -0.129. The van der Waals surface area contributed by atoms with Crippen LogP contribution >= 0.6 is 11.8 Å². The summed E-state index contributed by atoms with van der Waals surface area (Å²) in [5.74, 6) is 1.05. The third-order valence-corrected chi connectivity index (χ3v) is 6.64. The van der Waals surface area contributed by atoms with Crippen LogP contribution in [-0.2, 0) is 11.8 Å². The molecule has 0 unspecified atom stereocenters. The second kappa shape index (κ2) is 9.99. The van der Waals surface area contributed by atoms with Gasteiger partial charge in [-0.15, -0.1) is 10.2 Å². The summed E-state index contributed by atoms with van der Waals surface area (Å²) in [4.78, 5) is 27.0. The van der Waals surface area contributed by atoms with Gasteiger partial charge >= 0.3 is 0 Å². The average Bonchev–Trinajstić information content (AvgIpc) is 3.18. The van der Waals surface area contributed by atoms with Gasteiger partial charge in [0.15, 0.2) is 11.0 Å². The number of likely N-dealkylation sites (tertiary alicyclic amines) is 1. The number of nitrogens with one attached hydrogen (secondary N) is 1. The molecule has 166 valence electrons. The summed E-state index contributed by atoms with van der Waals surface area (Å²) in [6, 6.07) is 15.0. The number of amides is 2. The van der Waals surface area contributed by atoms with E-state index in [9.17, 15) is 9.59 Å². The zero-order valence-electron chi connectivity index (χ0n) is 18.4. The smallest absolute Gasteiger partial charge is 0.255 e. The number of rotatable bonds is 6. The van der Waals surface area contributed by atoms with Crippen molar-refractivity contribution in [2.45, 2.75) is 31.3 Å². The molecule has 0 atom stereocenters. The Morgan fingerprint density at radius 2 is 1.81 bits per heavy atom. The molecule has 8 heteroatoms. The van der Waals surface area contributed by atoms with Crippen LogP contribution in [0.4, 0.5) is 5.69 Å². The normalized spacial score (nSPS) is 13.8. The van der Waals surface area contributed by atoms with E-state index < -0.39 is 0 Å². The molecule has 1 aliphatic rings. The molecule has 1 aromatic heterocycles. The van der Waals surface area contributed by atoms with Gasteiger partial charge in [0, 0.05) is 37.0 Å². The Labute approximate surface area is 192 Å². The van der Waals surface area contributed by atoms with E-state index in [0.29, 0.717) is 28.0 Å². The molecule has 2 heterocycles. The fourth-order valence-corrected chi connectivity index (χ4v) is 4.63. The Hall–Kier alpha value is -3.13. The molecule has 0 spiro atoms. The second-order valence-electron chi connectivity index (χ2n) is 7.95. The van der Waals surface area contributed by atoms with Crippen molar-refractivity contribution in [1.82, 2.24) is 19.7 Å². The minimum atomic E-state index is -0.148. The number of nitrogens with zero attached hydrogens (tertiary/aromatic N) is 4. The Balaban J connectivity index is 1.44. The van der Waals surface area contributed by atoms with Gasteiger partial charge in [0.1, 0.15) is 0 Å². The van der Waals surface area contributed by atoms with Gasteiger partial charge in [-0.25, -0.2) is 0 Å². The zero-order chi connectivity index (χ0) is 22.5. The van der Waals surface area contributed by atoms with Crippen molar-refractivity contribution in [1.29, 1.82) is 0 Å². The number of thioether (sulfide) groups is 1. The van der Waals surface area contributed by atoms with E-state index in [4.69, 9.17) is 0 Å². The van der Waals surface area contributed by atoms with Crippen molar-refractivity contribution in [3.63, 3.8) is 0 Å². The van der Waals surface area contributed by atoms with Crippen LogP contribution in [0.25, 0.3) is 11.4 Å². The predicted molar refractivity (Wildman–Crippen MR) is 127 cm³/mol. The van der Waals surface area contributed by atoms with Crippen LogP contribution in [-0.4, -0.2) is 50.3 Å². The molecule has 1 N–H and O–H groups in total. The van der Waals surface area contributed by atoms with Gasteiger partial charge in [-0.05, 0) is 49.9 Å². The maximum atomic E-state index is 12.6. The summed E-state index contributed by atoms with van der Waals surface area (Å²) in [6.07, 6.45) is 3.37. The predicted octanol–water partition coefficient (Wildman–Crippen LogP) is 4.15. The summed E-state index contributed by atoms with van der Waals surface area (Å²) in [5, 5.41) is 12.3. The minimum Gasteiger partial charge on any atom is -0.342 e. The van der Waals surface area contributed by atoms with E-state index in [0.717, 1.165) is 37.1 Å². The van der Waals surface area contributed by atoms with Crippen LogP contribution in [0.1, 0.15) is 35.2 Å². The molecule has 0 saturated carbocycles. The third-order valence-electron chi connectivity index (χ3n) is 5.64. The summed E-state index contributed by atoms with van der Waals surface area (Å²) in [7, 11) is 1.89. The van der Waals surface area contributed by atoms with Crippen molar-refractivity contribution in [3.05, 3.63) is 59.7 Å². The van der Waals surface area contributed by atoms with Crippen molar-refractivity contribution in [3.8, 4) is 11.4 Å². The number of hydrogen-bond acceptors (Lipinski definition) is 5. The molecule has 2 aromatic carbocycles. The van der Waals surface area contributed by atoms with Crippen LogP contribution in [0.3, 0.4) is 0 Å². The van der Waals surface area contributed by atoms with Gasteiger partial charge in [-0.1, -0.05) is 42.1 Å². The molecule has 1 fully saturated rings. The highest BCUT2D eigenvalue weighted by atomic mass is 32.2. The van der Waals surface area contributed by atoms with Crippen LogP contribution in [0, 0.1) is 6.92 Å². The van der Waals surface area contributed by atoms with E-state index in [1.54, 1.807) is 0 Å². The van der Waals surface area contributed by atoms with Crippen molar-refractivity contribution in [2.24, 2.45) is 7.05 Å². The standard InChI is InChI=1S/C24H27N5O2S/c1-17-9-4-5-12-20(17)23(31)25-19-11-8-10-18(15-19)22-26-27-24(28(22)2)32-16-21(30)29-13-6-3-7-14-29/h4-5,8-12,15H,3,6-7,13-14,16H2,1-2H3,(H,25,31). The van der Waals surface area contributed by atoms with Crippen LogP contribution in [0.15, 0.2) is 53.7 Å². The number of carbonyl (C=O) groups excluding carboxylic acids is 2. The molecule has 1 aliphatic heterocycles. The largest absolute Gasteiger partial charge is 0.342 e. The van der Waals surface area contributed by atoms with E-state index in [-0.39, 0.29) is 11.8 Å². The van der Waals surface area contributed by atoms with Gasteiger partial charge in [-0.2, -0.15) is 0 Å². The van der Waals surface area contributed by atoms with Crippen molar-refractivity contribution < 1.29 is 9.59 Å². The Kier molecular flexibility index (Phi) is 6.90. The van der Waals surface area contributed by atoms with Crippen molar-refractivity contribution >= 4 is 29.3 Å². The summed E-state index contributed by atoms with van der Waals surface area (Å²) < 4.78 is 1.89. The summed E-state index contributed by atoms with van der Waals surface area (Å²) in [5.41, 5.74) is 3.11. The summed E-state index contributed by atoms with van der Waals surface area (Å²) >= 11 is 1.41. The number of hydrogen-bond donors (Lipinski definition) is 1. The van der Waals surface area contributed by atoms with E-state index >= 15 is 0 Å². The first-order chi connectivity index (χ1) is 15.5. The highest BCUT2D eigenvalue weighted by Gasteiger charge is 2.19. The maximum absolute atomic E-state index is 12.6. The number of piperidine rings is 1. The lowest BCUT2D eigenvalue weighted by Crippen LogP contribution is -2.36. The zero-order valence-corrected chi connectivity index (χ0v) is 19.2. The molecule has 2 amide bonds. The first-order valence-electron chi connectivity index (χ1n) is 10.8. The van der Waals surface area contributed by atoms with Gasteiger partial charge in [0.05, 0.1) is 5.75 Å². The monoisotopic (exact) mass is 449 g/mol. The molecule has 0 radical (unpaired) electrons. The van der Waals surface area contributed by atoms with Crippen LogP contribution in [0.5, 0.6) is 0 Å². The highest BCUT2D eigenvalue weighted by Crippen LogP contribution is 2.25. The highest BCUT2D eigenvalue weighted by molar-refractivity contribution is 7.99. The van der Waals surface area contributed by atoms with Crippen LogP contribution in [0.2, 0.25) is 0 Å². The molecule has 3 aromatic rings. The number of anilines is 1. The number of benzene rings is 2. The minimum absolute atomic E-state index is 0.148. The molecule has 32 heavy (non-hydrogen) atoms. The number of aryl methyl sites for hydroxylation is 1. The SMILES string of the molecule is Cc1ccccc1C(=O)Nc1cccc(-c2nnc(SCC(=O)N3CCCCC3)n2C)c1. The molecular formula is C24H27N5O2S. The fraction of sp³-hybridized carbons (Fsp3) is 0.333. The molecule has 0 bridgehead atoms. The number of carbonyl (C=O) groups is 2. The van der Waals surface area contributed by atoms with Crippen LogP contribution < -0.4 is 5.32 Å². The third kappa shape index (κ3) is 5.02. The first kappa shape index (κ1) is 22.1. The van der Waals surface area contributed by atoms with E-state index in [1.807, 2.05) is 72.0 Å². The molecule has 0 aliphatic carbocycles.